The standard InChI is InChI=1S/C20H23N5O3/c1-28-12-11-24-17-7-3-9-22-18(17)25(20(24)27)16-6-4-10-23(14-16)19(26)15-5-2-8-21-13-15/h2-3,5,7-9,13,16H,4,6,10-12,14H2,1H3/t16-/m0/s1. The summed E-state index contributed by atoms with van der Waals surface area (Å²) in [6.07, 6.45) is 6.59. The van der Waals surface area contributed by atoms with E-state index in [2.05, 4.69) is 9.97 Å². The molecule has 0 spiro atoms. The summed E-state index contributed by atoms with van der Waals surface area (Å²) < 4.78 is 8.60. The maximum atomic E-state index is 13.2. The summed E-state index contributed by atoms with van der Waals surface area (Å²) in [5.74, 6) is -0.0538. The molecular weight excluding hydrogens is 358 g/mol. The molecule has 4 rings (SSSR count). The van der Waals surface area contributed by atoms with E-state index in [0.717, 1.165) is 18.4 Å². The molecule has 1 amide bonds. The molecule has 0 N–H and O–H groups in total. The first kappa shape index (κ1) is 18.4. The number of aromatic nitrogens is 4. The molecule has 8 heteroatoms. The van der Waals surface area contributed by atoms with Crippen molar-refractivity contribution < 1.29 is 9.53 Å². The molecule has 146 valence electrons. The minimum atomic E-state index is -0.108. The van der Waals surface area contributed by atoms with Gasteiger partial charge in [0.25, 0.3) is 5.91 Å². The highest BCUT2D eigenvalue weighted by molar-refractivity contribution is 5.94. The van der Waals surface area contributed by atoms with Crippen molar-refractivity contribution in [2.45, 2.75) is 25.4 Å². The Labute approximate surface area is 162 Å². The largest absolute Gasteiger partial charge is 0.383 e. The molecule has 1 atom stereocenters. The number of rotatable bonds is 5. The van der Waals surface area contributed by atoms with Gasteiger partial charge in [0.05, 0.1) is 30.3 Å². The van der Waals surface area contributed by atoms with Gasteiger partial charge in [-0.1, -0.05) is 0 Å². The third-order valence-corrected chi connectivity index (χ3v) is 5.20. The van der Waals surface area contributed by atoms with E-state index in [1.54, 1.807) is 51.9 Å². The zero-order chi connectivity index (χ0) is 19.5. The third kappa shape index (κ3) is 3.31. The van der Waals surface area contributed by atoms with Gasteiger partial charge in [-0.05, 0) is 37.1 Å². The maximum absolute atomic E-state index is 13.2. The monoisotopic (exact) mass is 381 g/mol. The molecule has 0 saturated carbocycles. The van der Waals surface area contributed by atoms with Crippen molar-refractivity contribution in [1.82, 2.24) is 24.0 Å². The molecule has 1 saturated heterocycles. The van der Waals surface area contributed by atoms with Gasteiger partial charge in [-0.15, -0.1) is 0 Å². The molecule has 0 bridgehead atoms. The third-order valence-electron chi connectivity index (χ3n) is 5.20. The molecular formula is C20H23N5O3. The van der Waals surface area contributed by atoms with Gasteiger partial charge in [-0.2, -0.15) is 0 Å². The number of amides is 1. The number of ether oxygens (including phenoxy) is 1. The van der Waals surface area contributed by atoms with Crippen LogP contribution in [0, 0.1) is 0 Å². The summed E-state index contributed by atoms with van der Waals surface area (Å²) in [6, 6.07) is 7.14. The number of carbonyl (C=O) groups excluding carboxylic acids is 1. The van der Waals surface area contributed by atoms with Crippen LogP contribution in [0.3, 0.4) is 0 Å². The fraction of sp³-hybridized carbons (Fsp3) is 0.400. The molecule has 4 heterocycles. The lowest BCUT2D eigenvalue weighted by Gasteiger charge is -2.33. The first-order valence-electron chi connectivity index (χ1n) is 9.44. The summed E-state index contributed by atoms with van der Waals surface area (Å²) >= 11 is 0. The number of hydrogen-bond donors (Lipinski definition) is 0. The smallest absolute Gasteiger partial charge is 0.330 e. The molecule has 8 nitrogen and oxygen atoms in total. The molecule has 0 aliphatic carbocycles. The van der Waals surface area contributed by atoms with Gasteiger partial charge in [-0.25, -0.2) is 9.78 Å². The fourth-order valence-corrected chi connectivity index (χ4v) is 3.86. The van der Waals surface area contributed by atoms with Crippen molar-refractivity contribution in [2.24, 2.45) is 0 Å². The van der Waals surface area contributed by atoms with Crippen LogP contribution in [-0.4, -0.2) is 56.7 Å². The minimum absolute atomic E-state index is 0.0538. The van der Waals surface area contributed by atoms with Gasteiger partial charge in [0, 0.05) is 38.8 Å². The Hall–Kier alpha value is -3.00. The number of hydrogen-bond acceptors (Lipinski definition) is 5. The second kappa shape index (κ2) is 7.93. The molecule has 1 aliphatic rings. The quantitative estimate of drug-likeness (QED) is 0.672. The van der Waals surface area contributed by atoms with Crippen molar-refractivity contribution in [3.8, 4) is 0 Å². The van der Waals surface area contributed by atoms with Crippen molar-refractivity contribution in [2.75, 3.05) is 26.8 Å². The average molecular weight is 381 g/mol. The fourth-order valence-electron chi connectivity index (χ4n) is 3.86. The number of nitrogens with zero attached hydrogens (tertiary/aromatic N) is 5. The van der Waals surface area contributed by atoms with Crippen LogP contribution < -0.4 is 5.69 Å². The van der Waals surface area contributed by atoms with Gasteiger partial charge in [0.15, 0.2) is 5.65 Å². The summed E-state index contributed by atoms with van der Waals surface area (Å²) in [5.41, 5.74) is 1.91. The van der Waals surface area contributed by atoms with Gasteiger partial charge in [-0.3, -0.25) is 18.9 Å². The van der Waals surface area contributed by atoms with Crippen LogP contribution >= 0.6 is 0 Å². The van der Waals surface area contributed by atoms with E-state index in [0.29, 0.717) is 37.5 Å². The molecule has 3 aromatic heterocycles. The Morgan fingerprint density at radius 1 is 1.29 bits per heavy atom. The summed E-state index contributed by atoms with van der Waals surface area (Å²) in [4.78, 5) is 36.3. The highest BCUT2D eigenvalue weighted by Gasteiger charge is 2.29. The van der Waals surface area contributed by atoms with E-state index in [1.807, 2.05) is 12.1 Å². The highest BCUT2D eigenvalue weighted by atomic mass is 16.5. The van der Waals surface area contributed by atoms with Gasteiger partial charge in [0.1, 0.15) is 0 Å². The minimum Gasteiger partial charge on any atom is -0.383 e. The second-order valence-electron chi connectivity index (χ2n) is 6.93. The summed E-state index contributed by atoms with van der Waals surface area (Å²) in [7, 11) is 1.62. The number of imidazole rings is 1. The van der Waals surface area contributed by atoms with E-state index in [9.17, 15) is 9.59 Å². The predicted molar refractivity (Wildman–Crippen MR) is 104 cm³/mol. The predicted octanol–water partition coefficient (Wildman–Crippen LogP) is 1.72. The van der Waals surface area contributed by atoms with Gasteiger partial charge >= 0.3 is 5.69 Å². The number of methoxy groups -OCH3 is 1. The van der Waals surface area contributed by atoms with Crippen LogP contribution in [-0.2, 0) is 11.3 Å². The Kier molecular flexibility index (Phi) is 5.21. The van der Waals surface area contributed by atoms with Gasteiger partial charge < -0.3 is 9.64 Å². The zero-order valence-corrected chi connectivity index (χ0v) is 15.8. The molecule has 0 radical (unpaired) electrons. The Bertz CT molecular complexity index is 1030. The van der Waals surface area contributed by atoms with Crippen molar-refractivity contribution >= 4 is 17.1 Å². The van der Waals surface area contributed by atoms with Crippen LogP contribution in [0.15, 0.2) is 47.7 Å². The van der Waals surface area contributed by atoms with Crippen molar-refractivity contribution in [1.29, 1.82) is 0 Å². The van der Waals surface area contributed by atoms with Crippen LogP contribution in [0.25, 0.3) is 11.2 Å². The molecule has 3 aromatic rings. The maximum Gasteiger partial charge on any atom is 0.330 e. The van der Waals surface area contributed by atoms with Crippen LogP contribution in [0.4, 0.5) is 0 Å². The van der Waals surface area contributed by atoms with E-state index in [4.69, 9.17) is 4.74 Å². The summed E-state index contributed by atoms with van der Waals surface area (Å²) in [6.45, 7) is 2.07. The van der Waals surface area contributed by atoms with E-state index in [-0.39, 0.29) is 17.6 Å². The highest BCUT2D eigenvalue weighted by Crippen LogP contribution is 2.25. The number of likely N-dealkylation sites (tertiary alicyclic amines) is 1. The SMILES string of the molecule is COCCn1c(=O)n([C@H]2CCCN(C(=O)c3cccnc3)C2)c2ncccc21. The van der Waals surface area contributed by atoms with E-state index in [1.165, 1.54) is 0 Å². The lowest BCUT2D eigenvalue weighted by atomic mass is 10.0. The average Bonchev–Trinajstić information content (AvgIpc) is 3.03. The lowest BCUT2D eigenvalue weighted by Crippen LogP contribution is -2.43. The molecule has 1 aliphatic heterocycles. The van der Waals surface area contributed by atoms with Crippen LogP contribution in [0.5, 0.6) is 0 Å². The summed E-state index contributed by atoms with van der Waals surface area (Å²) in [5, 5.41) is 0. The number of carbonyl (C=O) groups is 1. The number of pyridine rings is 2. The molecule has 1 fully saturated rings. The van der Waals surface area contributed by atoms with E-state index >= 15 is 0 Å². The molecule has 0 aromatic carbocycles. The topological polar surface area (TPSA) is 82.2 Å². The molecule has 0 unspecified atom stereocenters. The first-order chi connectivity index (χ1) is 13.7. The second-order valence-corrected chi connectivity index (χ2v) is 6.93. The van der Waals surface area contributed by atoms with Crippen LogP contribution in [0.1, 0.15) is 29.2 Å². The van der Waals surface area contributed by atoms with Crippen molar-refractivity contribution in [3.63, 3.8) is 0 Å². The Morgan fingerprint density at radius 2 is 2.14 bits per heavy atom. The van der Waals surface area contributed by atoms with Gasteiger partial charge in [0.2, 0.25) is 0 Å². The first-order valence-corrected chi connectivity index (χ1v) is 9.44. The van der Waals surface area contributed by atoms with E-state index < -0.39 is 0 Å². The Morgan fingerprint density at radius 3 is 2.93 bits per heavy atom. The number of fused-ring (bicyclic) bond motifs is 1. The molecule has 28 heavy (non-hydrogen) atoms. The lowest BCUT2D eigenvalue weighted by molar-refractivity contribution is 0.0678. The van der Waals surface area contributed by atoms with Crippen LogP contribution in [0.2, 0.25) is 0 Å². The van der Waals surface area contributed by atoms with Crippen molar-refractivity contribution in [3.05, 3.63) is 58.9 Å². The number of piperidine rings is 1. The normalized spacial score (nSPS) is 17.2. The zero-order valence-electron chi connectivity index (χ0n) is 15.8. The Balaban J connectivity index is 1.67.